The number of morpholine rings is 1. The molecule has 1 saturated heterocycles. The van der Waals surface area contributed by atoms with Crippen molar-refractivity contribution in [3.8, 4) is 5.75 Å². The summed E-state index contributed by atoms with van der Waals surface area (Å²) in [5, 5.41) is 2.90. The predicted molar refractivity (Wildman–Crippen MR) is 111 cm³/mol. The van der Waals surface area contributed by atoms with Gasteiger partial charge in [-0.15, -0.1) is 0 Å². The van der Waals surface area contributed by atoms with Crippen LogP contribution in [0.5, 0.6) is 5.75 Å². The Morgan fingerprint density at radius 2 is 1.90 bits per heavy atom. The average molecular weight is 439 g/mol. The smallest absolute Gasteiger partial charge is 0.257 e. The number of nitrogens with zero attached hydrogens (tertiary/aromatic N) is 1. The highest BCUT2D eigenvalue weighted by atomic mass is 35.5. The molecule has 0 unspecified atom stereocenters. The molecule has 0 spiro atoms. The summed E-state index contributed by atoms with van der Waals surface area (Å²) in [5.74, 6) is 0.114. The number of sulfonamides is 1. The molecule has 0 atom stereocenters. The fourth-order valence-corrected chi connectivity index (χ4v) is 4.53. The van der Waals surface area contributed by atoms with E-state index in [2.05, 4.69) is 5.32 Å². The Bertz CT molecular complexity index is 988. The predicted octanol–water partition coefficient (Wildman–Crippen LogP) is 3.40. The van der Waals surface area contributed by atoms with E-state index >= 15 is 0 Å². The van der Waals surface area contributed by atoms with Crippen molar-refractivity contribution in [2.24, 2.45) is 0 Å². The summed E-state index contributed by atoms with van der Waals surface area (Å²) in [6, 6.07) is 11.1. The molecule has 1 heterocycles. The fourth-order valence-electron chi connectivity index (χ4n) is 2.89. The Balaban J connectivity index is 1.83. The molecular weight excluding hydrogens is 416 g/mol. The lowest BCUT2D eigenvalue weighted by molar-refractivity contribution is 0.0730. The summed E-state index contributed by atoms with van der Waals surface area (Å²) >= 11 is 6.18. The van der Waals surface area contributed by atoms with E-state index in [9.17, 15) is 13.2 Å². The second-order valence-corrected chi connectivity index (χ2v) is 9.15. The van der Waals surface area contributed by atoms with Gasteiger partial charge in [0.2, 0.25) is 10.0 Å². The van der Waals surface area contributed by atoms with Gasteiger partial charge in [0.1, 0.15) is 5.75 Å². The number of carbonyl (C=O) groups is 1. The monoisotopic (exact) mass is 438 g/mol. The van der Waals surface area contributed by atoms with Crippen molar-refractivity contribution >= 4 is 33.2 Å². The summed E-state index contributed by atoms with van der Waals surface area (Å²) in [6.45, 7) is 5.05. The van der Waals surface area contributed by atoms with Crippen LogP contribution in [0.25, 0.3) is 0 Å². The minimum Gasteiger partial charge on any atom is -0.491 e. The second-order valence-electron chi connectivity index (χ2n) is 6.81. The first-order valence-corrected chi connectivity index (χ1v) is 11.0. The van der Waals surface area contributed by atoms with Crippen LogP contribution in [0.4, 0.5) is 5.69 Å². The molecule has 1 amide bonds. The van der Waals surface area contributed by atoms with Crippen molar-refractivity contribution in [3.63, 3.8) is 0 Å². The van der Waals surface area contributed by atoms with Gasteiger partial charge in [0.25, 0.3) is 5.91 Å². The van der Waals surface area contributed by atoms with E-state index in [1.54, 1.807) is 24.3 Å². The summed E-state index contributed by atoms with van der Waals surface area (Å²) in [4.78, 5) is 12.8. The molecule has 7 nitrogen and oxygen atoms in total. The van der Waals surface area contributed by atoms with Gasteiger partial charge in [-0.05, 0) is 44.2 Å². The van der Waals surface area contributed by atoms with Gasteiger partial charge in [0, 0.05) is 24.8 Å². The highest BCUT2D eigenvalue weighted by molar-refractivity contribution is 7.89. The number of ether oxygens (including phenoxy) is 2. The number of nitrogens with one attached hydrogen (secondary N) is 1. The van der Waals surface area contributed by atoms with E-state index in [4.69, 9.17) is 21.1 Å². The van der Waals surface area contributed by atoms with Gasteiger partial charge in [-0.2, -0.15) is 4.31 Å². The molecular formula is C20H23ClN2O5S. The molecule has 0 aliphatic carbocycles. The summed E-state index contributed by atoms with van der Waals surface area (Å²) in [6.07, 6.45) is -0.00234. The van der Waals surface area contributed by atoms with Crippen LogP contribution < -0.4 is 10.1 Å². The first-order valence-electron chi connectivity index (χ1n) is 9.23. The second kappa shape index (κ2) is 9.13. The normalized spacial score (nSPS) is 15.3. The number of anilines is 1. The summed E-state index contributed by atoms with van der Waals surface area (Å²) < 4.78 is 37.9. The van der Waals surface area contributed by atoms with E-state index in [-0.39, 0.29) is 34.7 Å². The molecule has 1 fully saturated rings. The third-order valence-electron chi connectivity index (χ3n) is 4.25. The van der Waals surface area contributed by atoms with E-state index in [1.807, 2.05) is 13.8 Å². The average Bonchev–Trinajstić information content (AvgIpc) is 2.68. The molecule has 1 aliphatic rings. The van der Waals surface area contributed by atoms with Crippen LogP contribution in [0.1, 0.15) is 24.2 Å². The van der Waals surface area contributed by atoms with Crippen molar-refractivity contribution in [1.29, 1.82) is 0 Å². The molecule has 156 valence electrons. The van der Waals surface area contributed by atoms with Gasteiger partial charge in [-0.1, -0.05) is 17.7 Å². The van der Waals surface area contributed by atoms with Crippen molar-refractivity contribution in [2.75, 3.05) is 31.6 Å². The molecule has 0 bridgehead atoms. The first kappa shape index (κ1) is 21.6. The number of hydrogen-bond acceptors (Lipinski definition) is 5. The molecule has 29 heavy (non-hydrogen) atoms. The van der Waals surface area contributed by atoms with Crippen LogP contribution in [-0.4, -0.2) is 51.0 Å². The van der Waals surface area contributed by atoms with Gasteiger partial charge in [-0.25, -0.2) is 8.42 Å². The molecule has 0 aromatic heterocycles. The van der Waals surface area contributed by atoms with Crippen LogP contribution in [0.3, 0.4) is 0 Å². The van der Waals surface area contributed by atoms with Crippen molar-refractivity contribution in [3.05, 3.63) is 53.1 Å². The van der Waals surface area contributed by atoms with Crippen LogP contribution in [-0.2, 0) is 14.8 Å². The number of hydrogen-bond donors (Lipinski definition) is 1. The van der Waals surface area contributed by atoms with Crippen LogP contribution in [0, 0.1) is 0 Å². The third kappa shape index (κ3) is 5.27. The topological polar surface area (TPSA) is 84.9 Å². The zero-order chi connectivity index (χ0) is 21.0. The van der Waals surface area contributed by atoms with E-state index in [1.165, 1.54) is 22.5 Å². The molecule has 0 saturated carbocycles. The quantitative estimate of drug-likeness (QED) is 0.747. The Labute approximate surface area is 175 Å². The van der Waals surface area contributed by atoms with Crippen LogP contribution >= 0.6 is 11.6 Å². The SMILES string of the molecule is CC(C)Oc1cccc(NC(=O)c2cc(S(=O)(=O)N3CCOCC3)ccc2Cl)c1. The maximum atomic E-state index is 12.9. The van der Waals surface area contributed by atoms with Crippen molar-refractivity contribution in [2.45, 2.75) is 24.8 Å². The summed E-state index contributed by atoms with van der Waals surface area (Å²) in [7, 11) is -3.73. The Morgan fingerprint density at radius 1 is 1.17 bits per heavy atom. The molecule has 9 heteroatoms. The molecule has 1 aliphatic heterocycles. The number of amides is 1. The minimum absolute atomic E-state index is 0.00234. The first-order chi connectivity index (χ1) is 13.8. The number of benzene rings is 2. The molecule has 1 N–H and O–H groups in total. The molecule has 0 radical (unpaired) electrons. The lowest BCUT2D eigenvalue weighted by Gasteiger charge is -2.26. The zero-order valence-electron chi connectivity index (χ0n) is 16.2. The van der Waals surface area contributed by atoms with Gasteiger partial charge in [0.15, 0.2) is 0 Å². The number of halogens is 1. The van der Waals surface area contributed by atoms with Crippen LogP contribution in [0.2, 0.25) is 5.02 Å². The van der Waals surface area contributed by atoms with Crippen LogP contribution in [0.15, 0.2) is 47.4 Å². The zero-order valence-corrected chi connectivity index (χ0v) is 17.8. The van der Waals surface area contributed by atoms with E-state index in [0.29, 0.717) is 24.7 Å². The summed E-state index contributed by atoms with van der Waals surface area (Å²) in [5.41, 5.74) is 0.599. The molecule has 2 aromatic carbocycles. The Hall–Kier alpha value is -2.13. The van der Waals surface area contributed by atoms with Crippen molar-refractivity contribution in [1.82, 2.24) is 4.31 Å². The standard InChI is InChI=1S/C20H23ClN2O5S/c1-14(2)28-16-5-3-4-15(12-16)22-20(24)18-13-17(6-7-19(18)21)29(25,26)23-8-10-27-11-9-23/h3-7,12-14H,8-11H2,1-2H3,(H,22,24). The minimum atomic E-state index is -3.73. The van der Waals surface area contributed by atoms with Gasteiger partial charge < -0.3 is 14.8 Å². The lowest BCUT2D eigenvalue weighted by atomic mass is 10.2. The largest absolute Gasteiger partial charge is 0.491 e. The van der Waals surface area contributed by atoms with Gasteiger partial charge in [-0.3, -0.25) is 4.79 Å². The number of carbonyl (C=O) groups excluding carboxylic acids is 1. The van der Waals surface area contributed by atoms with E-state index in [0.717, 1.165) is 0 Å². The number of rotatable bonds is 6. The van der Waals surface area contributed by atoms with Gasteiger partial charge in [0.05, 0.1) is 34.8 Å². The fraction of sp³-hybridized carbons (Fsp3) is 0.350. The molecule has 2 aromatic rings. The maximum absolute atomic E-state index is 12.9. The highest BCUT2D eigenvalue weighted by Gasteiger charge is 2.27. The Kier molecular flexibility index (Phi) is 6.79. The third-order valence-corrected chi connectivity index (χ3v) is 6.48. The van der Waals surface area contributed by atoms with Gasteiger partial charge >= 0.3 is 0 Å². The lowest BCUT2D eigenvalue weighted by Crippen LogP contribution is -2.40. The maximum Gasteiger partial charge on any atom is 0.257 e. The van der Waals surface area contributed by atoms with Crippen molar-refractivity contribution < 1.29 is 22.7 Å². The Morgan fingerprint density at radius 3 is 2.59 bits per heavy atom. The van der Waals surface area contributed by atoms with E-state index < -0.39 is 15.9 Å². The molecule has 3 rings (SSSR count). The highest BCUT2D eigenvalue weighted by Crippen LogP contribution is 2.25.